The molecule has 0 spiro atoms. The summed E-state index contributed by atoms with van der Waals surface area (Å²) >= 11 is 0. The van der Waals surface area contributed by atoms with Crippen molar-refractivity contribution >= 4 is 17.9 Å². The number of amides is 2. The lowest BCUT2D eigenvalue weighted by atomic mass is 9.42. The summed E-state index contributed by atoms with van der Waals surface area (Å²) in [5, 5.41) is 3.33. The largest absolute Gasteiger partial charge is 0.496 e. The maximum atomic E-state index is 14.9. The highest BCUT2D eigenvalue weighted by Gasteiger charge is 2.70. The Bertz CT molecular complexity index is 1840. The van der Waals surface area contributed by atoms with E-state index in [1.807, 2.05) is 59.5 Å². The number of nitrogens with one attached hydrogen (secondary N) is 1. The van der Waals surface area contributed by atoms with Crippen LogP contribution in [0.5, 0.6) is 17.2 Å². The van der Waals surface area contributed by atoms with Crippen molar-refractivity contribution in [3.05, 3.63) is 131 Å². The molecule has 0 unspecified atom stereocenters. The highest BCUT2D eigenvalue weighted by atomic mass is 16.5. The molecule has 7 heteroatoms. The van der Waals surface area contributed by atoms with Crippen molar-refractivity contribution in [3.63, 3.8) is 0 Å². The first-order valence-corrected chi connectivity index (χ1v) is 16.2. The first-order valence-electron chi connectivity index (χ1n) is 16.2. The van der Waals surface area contributed by atoms with Gasteiger partial charge in [0.1, 0.15) is 5.75 Å². The standard InChI is InChI=1S/C40H40N2O5/c1-45-33-16-10-7-11-28(33)18-20-37(43)42-25-36-39(29-12-5-4-6-13-29)22-21-32(30-14-8-9-15-31(30)39)40(36,26-42)38(44)41-24-27-17-19-34(46-2)35(23-27)47-3/h4-20,23,32,36H,21-22,24-26H2,1-3H3,(H,41,44)/t32-,36+,39-,40+/m1/s1. The minimum Gasteiger partial charge on any atom is -0.496 e. The van der Waals surface area contributed by atoms with Gasteiger partial charge < -0.3 is 24.4 Å². The third-order valence-corrected chi connectivity index (χ3v) is 10.8. The summed E-state index contributed by atoms with van der Waals surface area (Å²) in [6.45, 7) is 1.17. The SMILES string of the molecule is COc1ccccc1C=CC(=O)N1C[C@H]2[C@@]3(c4ccccc4)CC[C@H](c4ccccc43)[C@@]2(C(=O)NCc2ccc(OC)c(OC)c2)C1. The summed E-state index contributed by atoms with van der Waals surface area (Å²) in [4.78, 5) is 30.8. The van der Waals surface area contributed by atoms with Crippen molar-refractivity contribution in [1.29, 1.82) is 0 Å². The minimum atomic E-state index is -0.813. The molecule has 47 heavy (non-hydrogen) atoms. The molecule has 1 aliphatic heterocycles. The average molecular weight is 629 g/mol. The number of fused-ring (bicyclic) bond motifs is 1. The summed E-state index contributed by atoms with van der Waals surface area (Å²) in [6.07, 6.45) is 5.22. The van der Waals surface area contributed by atoms with E-state index in [0.29, 0.717) is 36.9 Å². The maximum absolute atomic E-state index is 14.9. The van der Waals surface area contributed by atoms with E-state index in [1.54, 1.807) is 27.4 Å². The number of carbonyl (C=O) groups excluding carboxylic acids is 2. The van der Waals surface area contributed by atoms with Crippen molar-refractivity contribution < 1.29 is 23.8 Å². The molecular weight excluding hydrogens is 588 g/mol. The molecule has 4 aromatic carbocycles. The number of ether oxygens (including phenoxy) is 3. The van der Waals surface area contributed by atoms with Crippen LogP contribution in [0.25, 0.3) is 6.08 Å². The molecule has 2 fully saturated rings. The molecule has 240 valence electrons. The Morgan fingerprint density at radius 3 is 2.36 bits per heavy atom. The van der Waals surface area contributed by atoms with E-state index in [1.165, 1.54) is 16.7 Å². The molecule has 1 saturated heterocycles. The predicted molar refractivity (Wildman–Crippen MR) is 182 cm³/mol. The van der Waals surface area contributed by atoms with Gasteiger partial charge in [0.15, 0.2) is 11.5 Å². The van der Waals surface area contributed by atoms with Crippen LogP contribution in [0.4, 0.5) is 0 Å². The molecule has 4 aromatic rings. The van der Waals surface area contributed by atoms with Gasteiger partial charge in [-0.3, -0.25) is 9.59 Å². The van der Waals surface area contributed by atoms with Crippen LogP contribution >= 0.6 is 0 Å². The molecule has 8 rings (SSSR count). The summed E-state index contributed by atoms with van der Waals surface area (Å²) in [7, 11) is 4.84. The van der Waals surface area contributed by atoms with Gasteiger partial charge in [-0.25, -0.2) is 0 Å². The zero-order chi connectivity index (χ0) is 32.6. The monoisotopic (exact) mass is 628 g/mol. The Balaban J connectivity index is 1.29. The second-order valence-corrected chi connectivity index (χ2v) is 12.8. The number of rotatable bonds is 9. The van der Waals surface area contributed by atoms with Gasteiger partial charge in [-0.1, -0.05) is 78.9 Å². The van der Waals surface area contributed by atoms with Crippen molar-refractivity contribution in [2.24, 2.45) is 11.3 Å². The second kappa shape index (κ2) is 12.3. The van der Waals surface area contributed by atoms with Gasteiger partial charge in [-0.15, -0.1) is 0 Å². The summed E-state index contributed by atoms with van der Waals surface area (Å²) in [5.74, 6) is 1.71. The smallest absolute Gasteiger partial charge is 0.246 e. The fourth-order valence-corrected chi connectivity index (χ4v) is 8.79. The zero-order valence-corrected chi connectivity index (χ0v) is 27.1. The molecule has 4 aliphatic rings. The Kier molecular flexibility index (Phi) is 8.00. The van der Waals surface area contributed by atoms with Crippen LogP contribution in [0.1, 0.15) is 46.6 Å². The van der Waals surface area contributed by atoms with Gasteiger partial charge in [0.25, 0.3) is 0 Å². The third-order valence-electron chi connectivity index (χ3n) is 10.8. The number of nitrogens with zero attached hydrogens (tertiary/aromatic N) is 1. The number of carbonyl (C=O) groups is 2. The van der Waals surface area contributed by atoms with Crippen LogP contribution in [0, 0.1) is 11.3 Å². The summed E-state index contributed by atoms with van der Waals surface area (Å²) < 4.78 is 16.5. The van der Waals surface area contributed by atoms with Crippen molar-refractivity contribution in [2.75, 3.05) is 34.4 Å². The number of hydrogen-bond donors (Lipinski definition) is 1. The van der Waals surface area contributed by atoms with Gasteiger partial charge in [0, 0.05) is 48.5 Å². The number of benzene rings is 4. The van der Waals surface area contributed by atoms with Crippen molar-refractivity contribution in [1.82, 2.24) is 10.2 Å². The van der Waals surface area contributed by atoms with Crippen LogP contribution < -0.4 is 19.5 Å². The molecule has 1 N–H and O–H groups in total. The van der Waals surface area contributed by atoms with Crippen LogP contribution in [-0.2, 0) is 21.5 Å². The molecule has 2 bridgehead atoms. The lowest BCUT2D eigenvalue weighted by Crippen LogP contribution is -2.62. The Morgan fingerprint density at radius 1 is 0.851 bits per heavy atom. The van der Waals surface area contributed by atoms with Gasteiger partial charge in [0.2, 0.25) is 11.8 Å². The molecule has 2 amide bonds. The van der Waals surface area contributed by atoms with Crippen LogP contribution in [0.2, 0.25) is 0 Å². The van der Waals surface area contributed by atoms with E-state index in [2.05, 4.69) is 53.8 Å². The molecule has 4 atom stereocenters. The first-order chi connectivity index (χ1) is 23.0. The Labute approximate surface area is 276 Å². The lowest BCUT2D eigenvalue weighted by molar-refractivity contribution is -0.139. The van der Waals surface area contributed by atoms with Gasteiger partial charge in [-0.05, 0) is 59.4 Å². The third kappa shape index (κ3) is 4.87. The van der Waals surface area contributed by atoms with E-state index in [0.717, 1.165) is 24.0 Å². The molecule has 1 saturated carbocycles. The van der Waals surface area contributed by atoms with Gasteiger partial charge >= 0.3 is 0 Å². The highest BCUT2D eigenvalue weighted by molar-refractivity contribution is 5.94. The van der Waals surface area contributed by atoms with Gasteiger partial charge in [0.05, 0.1) is 26.7 Å². The van der Waals surface area contributed by atoms with Crippen LogP contribution in [0.3, 0.4) is 0 Å². The summed E-state index contributed by atoms with van der Waals surface area (Å²) in [5.41, 5.74) is 4.23. The van der Waals surface area contributed by atoms with E-state index < -0.39 is 10.8 Å². The first kappa shape index (κ1) is 30.6. The zero-order valence-electron chi connectivity index (χ0n) is 27.1. The number of likely N-dealkylation sites (tertiary alicyclic amines) is 1. The average Bonchev–Trinajstić information content (AvgIpc) is 3.57. The number of methoxy groups -OCH3 is 3. The minimum absolute atomic E-state index is 0.0131. The fraction of sp³-hybridized carbons (Fsp3) is 0.300. The normalized spacial score (nSPS) is 24.0. The molecule has 1 heterocycles. The van der Waals surface area contributed by atoms with E-state index in [9.17, 15) is 9.59 Å². The van der Waals surface area contributed by atoms with Crippen LogP contribution in [0.15, 0.2) is 103 Å². The maximum Gasteiger partial charge on any atom is 0.246 e. The van der Waals surface area contributed by atoms with Crippen molar-refractivity contribution in [3.8, 4) is 17.2 Å². The fourth-order valence-electron chi connectivity index (χ4n) is 8.79. The number of hydrogen-bond acceptors (Lipinski definition) is 5. The quantitative estimate of drug-likeness (QED) is 0.218. The van der Waals surface area contributed by atoms with Crippen LogP contribution in [-0.4, -0.2) is 51.1 Å². The highest BCUT2D eigenvalue weighted by Crippen LogP contribution is 2.69. The van der Waals surface area contributed by atoms with Crippen molar-refractivity contribution in [2.45, 2.75) is 30.7 Å². The predicted octanol–water partition coefficient (Wildman–Crippen LogP) is 6.36. The molecular formula is C40H40N2O5. The van der Waals surface area contributed by atoms with Gasteiger partial charge in [-0.2, -0.15) is 0 Å². The van der Waals surface area contributed by atoms with E-state index in [-0.39, 0.29) is 23.7 Å². The second-order valence-electron chi connectivity index (χ2n) is 12.8. The molecule has 3 aliphatic carbocycles. The Morgan fingerprint density at radius 2 is 1.57 bits per heavy atom. The summed E-state index contributed by atoms with van der Waals surface area (Å²) in [6, 6.07) is 32.6. The topological polar surface area (TPSA) is 77.1 Å². The van der Waals surface area contributed by atoms with E-state index in [4.69, 9.17) is 14.2 Å². The molecule has 0 aromatic heterocycles. The Hall–Kier alpha value is -5.04. The molecule has 7 nitrogen and oxygen atoms in total. The lowest BCUT2D eigenvalue weighted by Gasteiger charge is -2.60. The number of para-hydroxylation sites is 1. The molecule has 0 radical (unpaired) electrons. The van der Waals surface area contributed by atoms with E-state index >= 15 is 0 Å².